The first kappa shape index (κ1) is 16.3. The Morgan fingerprint density at radius 1 is 1.20 bits per heavy atom. The second-order valence-electron chi connectivity index (χ2n) is 6.14. The van der Waals surface area contributed by atoms with E-state index in [1.807, 2.05) is 35.2 Å². The first-order valence-corrected chi connectivity index (χ1v) is 9.52. The van der Waals surface area contributed by atoms with E-state index in [0.29, 0.717) is 26.3 Å². The van der Waals surface area contributed by atoms with E-state index in [4.69, 9.17) is 9.72 Å². The molecule has 0 N–H and O–H groups in total. The third-order valence-electron chi connectivity index (χ3n) is 4.44. The number of aryl methyl sites for hydroxylation is 1. The molecule has 0 unspecified atom stereocenters. The molecule has 0 bridgehead atoms. The number of nitrogens with zero attached hydrogens (tertiary/aromatic N) is 3. The number of fused-ring (bicyclic) bond motifs is 1. The van der Waals surface area contributed by atoms with Gasteiger partial charge in [0.2, 0.25) is 0 Å². The molecular weight excluding hydrogens is 334 g/mol. The van der Waals surface area contributed by atoms with Crippen molar-refractivity contribution in [2.45, 2.75) is 19.9 Å². The maximum absolute atomic E-state index is 12.7. The topological polar surface area (TPSA) is 47.4 Å². The van der Waals surface area contributed by atoms with Gasteiger partial charge in [0.25, 0.3) is 5.91 Å². The number of benzene rings is 1. The summed E-state index contributed by atoms with van der Waals surface area (Å²) in [5.74, 6) is 1.05. The van der Waals surface area contributed by atoms with Gasteiger partial charge in [-0.1, -0.05) is 19.1 Å². The summed E-state index contributed by atoms with van der Waals surface area (Å²) in [5, 5.41) is 0. The van der Waals surface area contributed by atoms with Crippen LogP contribution >= 0.6 is 11.3 Å². The van der Waals surface area contributed by atoms with Crippen molar-refractivity contribution in [2.75, 3.05) is 26.3 Å². The lowest BCUT2D eigenvalue weighted by atomic mass is 10.3. The van der Waals surface area contributed by atoms with Crippen LogP contribution in [0.15, 0.2) is 36.4 Å². The molecule has 25 heavy (non-hydrogen) atoms. The van der Waals surface area contributed by atoms with E-state index >= 15 is 0 Å². The first-order valence-electron chi connectivity index (χ1n) is 8.70. The Balaban J connectivity index is 1.69. The summed E-state index contributed by atoms with van der Waals surface area (Å²) in [6, 6.07) is 12.1. The zero-order valence-electron chi connectivity index (χ0n) is 14.3. The fourth-order valence-corrected chi connectivity index (χ4v) is 4.18. The van der Waals surface area contributed by atoms with Gasteiger partial charge in [-0.15, -0.1) is 11.3 Å². The molecule has 1 aliphatic heterocycles. The number of para-hydroxylation sites is 2. The average Bonchev–Trinajstić information content (AvgIpc) is 3.27. The zero-order valence-corrected chi connectivity index (χ0v) is 15.1. The van der Waals surface area contributed by atoms with Crippen molar-refractivity contribution < 1.29 is 9.53 Å². The minimum atomic E-state index is 0.0951. The van der Waals surface area contributed by atoms with Crippen LogP contribution in [0.4, 0.5) is 0 Å². The average molecular weight is 355 g/mol. The molecule has 3 aromatic rings. The fourth-order valence-electron chi connectivity index (χ4n) is 3.21. The van der Waals surface area contributed by atoms with Gasteiger partial charge in [-0.3, -0.25) is 4.79 Å². The summed E-state index contributed by atoms with van der Waals surface area (Å²) in [4.78, 5) is 21.2. The highest BCUT2D eigenvalue weighted by Gasteiger charge is 2.21. The van der Waals surface area contributed by atoms with Crippen LogP contribution < -0.4 is 0 Å². The van der Waals surface area contributed by atoms with Gasteiger partial charge in [-0.05, 0) is 30.7 Å². The molecule has 0 aliphatic carbocycles. The number of morpholine rings is 1. The summed E-state index contributed by atoms with van der Waals surface area (Å²) in [5.41, 5.74) is 2.15. The number of aromatic nitrogens is 2. The Morgan fingerprint density at radius 2 is 2.00 bits per heavy atom. The smallest absolute Gasteiger partial charge is 0.264 e. The molecule has 1 fully saturated rings. The van der Waals surface area contributed by atoms with Crippen molar-refractivity contribution in [1.82, 2.24) is 14.5 Å². The number of hydrogen-bond donors (Lipinski definition) is 0. The Morgan fingerprint density at radius 3 is 2.80 bits per heavy atom. The number of rotatable bonds is 4. The standard InChI is InChI=1S/C19H21N3O2S/c1-2-9-22-15-6-4-3-5-14(15)20-18(22)16-7-8-17(25-16)19(23)21-10-12-24-13-11-21/h3-8H,2,9-13H2,1H3. The van der Waals surface area contributed by atoms with Crippen LogP contribution in [0.5, 0.6) is 0 Å². The summed E-state index contributed by atoms with van der Waals surface area (Å²) in [6.45, 7) is 5.66. The fraction of sp³-hybridized carbons (Fsp3) is 0.368. The van der Waals surface area contributed by atoms with Crippen LogP contribution in [-0.4, -0.2) is 46.7 Å². The predicted octanol–water partition coefficient (Wildman–Crippen LogP) is 3.65. The molecule has 6 heteroatoms. The normalized spacial score (nSPS) is 15.0. The largest absolute Gasteiger partial charge is 0.378 e. The highest BCUT2D eigenvalue weighted by atomic mass is 32.1. The molecule has 3 heterocycles. The predicted molar refractivity (Wildman–Crippen MR) is 100 cm³/mol. The number of ether oxygens (including phenoxy) is 1. The van der Waals surface area contributed by atoms with Gasteiger partial charge in [0, 0.05) is 19.6 Å². The Kier molecular flexibility index (Phi) is 4.55. The molecule has 1 aliphatic rings. The summed E-state index contributed by atoms with van der Waals surface area (Å²) < 4.78 is 7.59. The van der Waals surface area contributed by atoms with Gasteiger partial charge in [0.15, 0.2) is 5.82 Å². The Bertz CT molecular complexity index is 893. The Labute approximate surface area is 150 Å². The maximum atomic E-state index is 12.7. The second kappa shape index (κ2) is 6.98. The van der Waals surface area contributed by atoms with Crippen molar-refractivity contribution in [3.63, 3.8) is 0 Å². The van der Waals surface area contributed by atoms with Gasteiger partial charge in [-0.25, -0.2) is 4.98 Å². The molecule has 0 atom stereocenters. The van der Waals surface area contributed by atoms with E-state index in [2.05, 4.69) is 17.6 Å². The van der Waals surface area contributed by atoms with Crippen LogP contribution in [-0.2, 0) is 11.3 Å². The zero-order chi connectivity index (χ0) is 17.2. The van der Waals surface area contributed by atoms with Crippen molar-refractivity contribution >= 4 is 28.3 Å². The molecule has 0 spiro atoms. The molecule has 5 nitrogen and oxygen atoms in total. The van der Waals surface area contributed by atoms with Crippen molar-refractivity contribution in [3.05, 3.63) is 41.3 Å². The molecule has 4 rings (SSSR count). The van der Waals surface area contributed by atoms with Gasteiger partial charge < -0.3 is 14.2 Å². The number of imidazole rings is 1. The number of thiophene rings is 1. The lowest BCUT2D eigenvalue weighted by Gasteiger charge is -2.26. The van der Waals surface area contributed by atoms with Crippen LogP contribution in [0.1, 0.15) is 23.0 Å². The number of carbonyl (C=O) groups excluding carboxylic acids is 1. The highest BCUT2D eigenvalue weighted by Crippen LogP contribution is 2.31. The van der Waals surface area contributed by atoms with Gasteiger partial charge in [0.05, 0.1) is 34.0 Å². The van der Waals surface area contributed by atoms with E-state index in [1.165, 1.54) is 11.3 Å². The second-order valence-corrected chi connectivity index (χ2v) is 7.23. The van der Waals surface area contributed by atoms with Crippen LogP contribution in [0.3, 0.4) is 0 Å². The number of hydrogen-bond acceptors (Lipinski definition) is 4. The van der Waals surface area contributed by atoms with E-state index in [0.717, 1.165) is 39.6 Å². The van der Waals surface area contributed by atoms with Crippen molar-refractivity contribution in [2.24, 2.45) is 0 Å². The van der Waals surface area contributed by atoms with Crippen LogP contribution in [0, 0.1) is 0 Å². The molecular formula is C19H21N3O2S. The molecule has 0 radical (unpaired) electrons. The van der Waals surface area contributed by atoms with E-state index < -0.39 is 0 Å². The quantitative estimate of drug-likeness (QED) is 0.718. The lowest BCUT2D eigenvalue weighted by Crippen LogP contribution is -2.40. The summed E-state index contributed by atoms with van der Waals surface area (Å²) >= 11 is 1.53. The van der Waals surface area contributed by atoms with Gasteiger partial charge in [-0.2, -0.15) is 0 Å². The van der Waals surface area contributed by atoms with E-state index in [-0.39, 0.29) is 5.91 Å². The first-order chi connectivity index (χ1) is 12.3. The maximum Gasteiger partial charge on any atom is 0.264 e. The third-order valence-corrected chi connectivity index (χ3v) is 5.51. The van der Waals surface area contributed by atoms with E-state index in [1.54, 1.807) is 0 Å². The van der Waals surface area contributed by atoms with Gasteiger partial charge >= 0.3 is 0 Å². The monoisotopic (exact) mass is 355 g/mol. The SMILES string of the molecule is CCCn1c(-c2ccc(C(=O)N3CCOCC3)s2)nc2ccccc21. The molecule has 1 saturated heterocycles. The third kappa shape index (κ3) is 3.07. The highest BCUT2D eigenvalue weighted by molar-refractivity contribution is 7.17. The van der Waals surface area contributed by atoms with Crippen molar-refractivity contribution in [1.29, 1.82) is 0 Å². The van der Waals surface area contributed by atoms with Crippen LogP contribution in [0.2, 0.25) is 0 Å². The number of carbonyl (C=O) groups is 1. The molecule has 0 saturated carbocycles. The molecule has 2 aromatic heterocycles. The lowest BCUT2D eigenvalue weighted by molar-refractivity contribution is 0.0306. The number of amides is 1. The van der Waals surface area contributed by atoms with Gasteiger partial charge in [0.1, 0.15) is 0 Å². The molecule has 1 aromatic carbocycles. The van der Waals surface area contributed by atoms with Crippen molar-refractivity contribution in [3.8, 4) is 10.7 Å². The molecule has 1 amide bonds. The Hall–Kier alpha value is -2.18. The minimum Gasteiger partial charge on any atom is -0.378 e. The summed E-state index contributed by atoms with van der Waals surface area (Å²) in [6.07, 6.45) is 1.04. The van der Waals surface area contributed by atoms with E-state index in [9.17, 15) is 4.79 Å². The van der Waals surface area contributed by atoms with Crippen LogP contribution in [0.25, 0.3) is 21.7 Å². The summed E-state index contributed by atoms with van der Waals surface area (Å²) in [7, 11) is 0. The molecule has 130 valence electrons. The minimum absolute atomic E-state index is 0.0951.